The van der Waals surface area contributed by atoms with Crippen LogP contribution in [0.15, 0.2) is 44.9 Å². The molecule has 1 aliphatic rings. The minimum Gasteiger partial charge on any atom is -0.495 e. The Bertz CT molecular complexity index is 1050. The zero-order valence-electron chi connectivity index (χ0n) is 14.7. The van der Waals surface area contributed by atoms with Gasteiger partial charge in [0.15, 0.2) is 0 Å². The fourth-order valence-corrected chi connectivity index (χ4v) is 4.36. The maximum absolute atomic E-state index is 13.1. The van der Waals surface area contributed by atoms with Crippen molar-refractivity contribution in [2.24, 2.45) is 0 Å². The Morgan fingerprint density at radius 1 is 1.18 bits per heavy atom. The molecule has 0 radical (unpaired) electrons. The van der Waals surface area contributed by atoms with E-state index < -0.39 is 17.8 Å². The molecule has 6 nitrogen and oxygen atoms in total. The number of barbiturate groups is 1. The fourth-order valence-electron chi connectivity index (χ4n) is 2.77. The van der Waals surface area contributed by atoms with E-state index in [1.807, 2.05) is 0 Å². The first-order valence-electron chi connectivity index (χ1n) is 7.94. The van der Waals surface area contributed by atoms with Crippen molar-refractivity contribution < 1.29 is 19.1 Å². The number of nitrogens with zero attached hydrogens (tertiary/aromatic N) is 1. The van der Waals surface area contributed by atoms with E-state index in [0.717, 1.165) is 4.90 Å². The number of methoxy groups -OCH3 is 1. The molecular weight excluding hydrogens is 515 g/mol. The van der Waals surface area contributed by atoms with E-state index in [1.54, 1.807) is 37.3 Å². The second-order valence-electron chi connectivity index (χ2n) is 5.85. The first kappa shape index (κ1) is 20.6. The average Bonchev–Trinajstić information content (AvgIpc) is 2.61. The van der Waals surface area contributed by atoms with Gasteiger partial charge < -0.3 is 4.74 Å². The van der Waals surface area contributed by atoms with Gasteiger partial charge in [-0.3, -0.25) is 14.9 Å². The highest BCUT2D eigenvalue weighted by Gasteiger charge is 2.37. The summed E-state index contributed by atoms with van der Waals surface area (Å²) in [5.41, 5.74) is 1.13. The number of halogens is 3. The molecule has 4 amide bonds. The van der Waals surface area contributed by atoms with Crippen LogP contribution in [0.4, 0.5) is 10.5 Å². The highest BCUT2D eigenvalue weighted by Crippen LogP contribution is 2.35. The summed E-state index contributed by atoms with van der Waals surface area (Å²) in [6, 6.07) is 7.50. The number of anilines is 1. The number of urea groups is 1. The largest absolute Gasteiger partial charge is 0.495 e. The van der Waals surface area contributed by atoms with Crippen LogP contribution in [-0.4, -0.2) is 25.0 Å². The molecule has 0 atom stereocenters. The molecular formula is C19H13Br2ClN2O4. The summed E-state index contributed by atoms with van der Waals surface area (Å²) in [7, 11) is 1.48. The lowest BCUT2D eigenvalue weighted by Gasteiger charge is -2.28. The molecule has 0 saturated carbocycles. The Hall–Kier alpha value is -2.16. The van der Waals surface area contributed by atoms with Crippen molar-refractivity contribution in [1.29, 1.82) is 0 Å². The van der Waals surface area contributed by atoms with E-state index >= 15 is 0 Å². The number of ether oxygens (including phenoxy) is 1. The number of nitrogens with one attached hydrogen (secondary N) is 1. The SMILES string of the molecule is COc1c(Br)cc(Br)cc1/C=C1\C(=O)NC(=O)N(c2cccc(Cl)c2C)C1=O. The van der Waals surface area contributed by atoms with Crippen molar-refractivity contribution in [2.75, 3.05) is 12.0 Å². The Kier molecular flexibility index (Phi) is 5.92. The summed E-state index contributed by atoms with van der Waals surface area (Å²) in [6.45, 7) is 1.69. The van der Waals surface area contributed by atoms with Crippen molar-refractivity contribution in [3.63, 3.8) is 0 Å². The molecule has 9 heteroatoms. The number of carbonyl (C=O) groups excluding carboxylic acids is 3. The summed E-state index contributed by atoms with van der Waals surface area (Å²) in [5, 5.41) is 2.59. The minimum absolute atomic E-state index is 0.206. The maximum atomic E-state index is 13.1. The zero-order chi connectivity index (χ0) is 20.6. The van der Waals surface area contributed by atoms with Gasteiger partial charge in [-0.05, 0) is 58.8 Å². The molecule has 0 aromatic heterocycles. The Labute approximate surface area is 182 Å². The second kappa shape index (κ2) is 8.06. The molecule has 28 heavy (non-hydrogen) atoms. The van der Waals surface area contributed by atoms with Gasteiger partial charge in [0.1, 0.15) is 11.3 Å². The van der Waals surface area contributed by atoms with E-state index in [9.17, 15) is 14.4 Å². The van der Waals surface area contributed by atoms with Crippen molar-refractivity contribution >= 4 is 73.1 Å². The lowest BCUT2D eigenvalue weighted by atomic mass is 10.0. The third kappa shape index (κ3) is 3.72. The number of amides is 4. The summed E-state index contributed by atoms with van der Waals surface area (Å²) >= 11 is 12.9. The maximum Gasteiger partial charge on any atom is 0.335 e. The molecule has 0 aliphatic carbocycles. The van der Waals surface area contributed by atoms with Crippen LogP contribution in [0.3, 0.4) is 0 Å². The van der Waals surface area contributed by atoms with Crippen molar-refractivity contribution in [2.45, 2.75) is 6.92 Å². The van der Waals surface area contributed by atoms with Crippen LogP contribution in [0.25, 0.3) is 6.08 Å². The van der Waals surface area contributed by atoms with Gasteiger partial charge >= 0.3 is 6.03 Å². The predicted molar refractivity (Wildman–Crippen MR) is 114 cm³/mol. The van der Waals surface area contributed by atoms with Gasteiger partial charge in [-0.25, -0.2) is 9.69 Å². The van der Waals surface area contributed by atoms with Crippen molar-refractivity contribution in [3.05, 3.63) is 61.0 Å². The lowest BCUT2D eigenvalue weighted by Crippen LogP contribution is -2.54. The molecule has 1 aliphatic heterocycles. The second-order valence-corrected chi connectivity index (χ2v) is 8.03. The minimum atomic E-state index is -0.833. The monoisotopic (exact) mass is 526 g/mol. The molecule has 144 valence electrons. The molecule has 2 aromatic rings. The van der Waals surface area contributed by atoms with Gasteiger partial charge in [-0.2, -0.15) is 0 Å². The van der Waals surface area contributed by atoms with Gasteiger partial charge in [-0.15, -0.1) is 0 Å². The van der Waals surface area contributed by atoms with Crippen LogP contribution in [-0.2, 0) is 9.59 Å². The first-order chi connectivity index (χ1) is 13.2. The number of benzene rings is 2. The topological polar surface area (TPSA) is 75.7 Å². The number of carbonyl (C=O) groups is 3. The quantitative estimate of drug-likeness (QED) is 0.457. The summed E-state index contributed by atoms with van der Waals surface area (Å²) in [5.74, 6) is -1.10. The summed E-state index contributed by atoms with van der Waals surface area (Å²) in [4.78, 5) is 38.7. The van der Waals surface area contributed by atoms with Crippen LogP contribution in [0, 0.1) is 6.92 Å². The first-order valence-corrected chi connectivity index (χ1v) is 9.90. The standard InChI is InChI=1S/C19H13Br2ClN2O4/c1-9-14(22)4-3-5-15(9)24-18(26)12(17(25)23-19(24)27)7-10-6-11(20)8-13(21)16(10)28-2/h3-8H,1-2H3,(H,23,25,27)/b12-7+. The van der Waals surface area contributed by atoms with E-state index in [-0.39, 0.29) is 5.57 Å². The highest BCUT2D eigenvalue weighted by molar-refractivity contribution is 9.11. The van der Waals surface area contributed by atoms with E-state index in [0.29, 0.717) is 36.5 Å². The van der Waals surface area contributed by atoms with Crippen LogP contribution >= 0.6 is 43.5 Å². The molecule has 2 aromatic carbocycles. The number of imide groups is 2. The van der Waals surface area contributed by atoms with Crippen LogP contribution in [0.2, 0.25) is 5.02 Å². The number of rotatable bonds is 3. The highest BCUT2D eigenvalue weighted by atomic mass is 79.9. The fraction of sp³-hybridized carbons (Fsp3) is 0.105. The van der Waals surface area contributed by atoms with Gasteiger partial charge in [0, 0.05) is 15.1 Å². The van der Waals surface area contributed by atoms with Gasteiger partial charge in [0.2, 0.25) is 0 Å². The van der Waals surface area contributed by atoms with Gasteiger partial charge in [0.25, 0.3) is 11.8 Å². The Morgan fingerprint density at radius 3 is 2.57 bits per heavy atom. The molecule has 0 unspecified atom stereocenters. The van der Waals surface area contributed by atoms with Crippen LogP contribution < -0.4 is 15.0 Å². The zero-order valence-corrected chi connectivity index (χ0v) is 18.6. The normalized spacial score (nSPS) is 15.8. The third-order valence-corrected chi connectivity index (χ3v) is 5.58. The van der Waals surface area contributed by atoms with E-state index in [2.05, 4.69) is 37.2 Å². The van der Waals surface area contributed by atoms with Gasteiger partial charge in [0.05, 0.1) is 17.3 Å². The molecule has 1 saturated heterocycles. The van der Waals surface area contributed by atoms with Crippen molar-refractivity contribution in [3.8, 4) is 5.75 Å². The van der Waals surface area contributed by atoms with Gasteiger partial charge in [-0.1, -0.05) is 33.6 Å². The smallest absolute Gasteiger partial charge is 0.335 e. The average molecular weight is 529 g/mol. The van der Waals surface area contributed by atoms with Crippen LogP contribution in [0.1, 0.15) is 11.1 Å². The molecule has 1 fully saturated rings. The molecule has 0 spiro atoms. The van der Waals surface area contributed by atoms with E-state index in [4.69, 9.17) is 16.3 Å². The van der Waals surface area contributed by atoms with E-state index in [1.165, 1.54) is 13.2 Å². The van der Waals surface area contributed by atoms with Crippen molar-refractivity contribution in [1.82, 2.24) is 5.32 Å². The molecule has 3 rings (SSSR count). The lowest BCUT2D eigenvalue weighted by molar-refractivity contribution is -0.122. The predicted octanol–water partition coefficient (Wildman–Crippen LogP) is 4.85. The molecule has 1 heterocycles. The molecule has 0 bridgehead atoms. The number of hydrogen-bond acceptors (Lipinski definition) is 4. The Morgan fingerprint density at radius 2 is 1.89 bits per heavy atom. The van der Waals surface area contributed by atoms with Crippen LogP contribution in [0.5, 0.6) is 5.75 Å². The Balaban J connectivity index is 2.14. The molecule has 1 N–H and O–H groups in total. The third-order valence-electron chi connectivity index (χ3n) is 4.12. The number of hydrogen-bond donors (Lipinski definition) is 1. The summed E-state index contributed by atoms with van der Waals surface area (Å²) < 4.78 is 6.71. The summed E-state index contributed by atoms with van der Waals surface area (Å²) in [6.07, 6.45) is 1.38.